The summed E-state index contributed by atoms with van der Waals surface area (Å²) in [6.07, 6.45) is 5.15. The van der Waals surface area contributed by atoms with Gasteiger partial charge in [0.2, 0.25) is 0 Å². The van der Waals surface area contributed by atoms with E-state index in [9.17, 15) is 15.0 Å². The molecule has 4 bridgehead atoms. The third-order valence-corrected chi connectivity index (χ3v) is 8.60. The van der Waals surface area contributed by atoms with Crippen molar-refractivity contribution >= 4 is 5.97 Å². The molecule has 2 aliphatic heterocycles. The van der Waals surface area contributed by atoms with Gasteiger partial charge in [0, 0.05) is 30.8 Å². The van der Waals surface area contributed by atoms with E-state index in [1.54, 1.807) is 6.92 Å². The molecular weight excluding hydrogens is 396 g/mol. The molecule has 0 aromatic carbocycles. The van der Waals surface area contributed by atoms with Gasteiger partial charge in [-0.15, -0.1) is 0 Å². The molecule has 6 nitrogen and oxygen atoms in total. The largest absolute Gasteiger partial charge is 0.457 e. The first-order chi connectivity index (χ1) is 14.7. The molecule has 1 spiro atoms. The Bertz CT molecular complexity index is 759. The molecule has 6 heteroatoms. The van der Waals surface area contributed by atoms with Crippen LogP contribution in [0.2, 0.25) is 0 Å². The summed E-state index contributed by atoms with van der Waals surface area (Å²) in [4.78, 5) is 12.9. The van der Waals surface area contributed by atoms with Gasteiger partial charge in [-0.25, -0.2) is 4.79 Å². The molecule has 0 aromatic heterocycles. The van der Waals surface area contributed by atoms with Gasteiger partial charge in [0.15, 0.2) is 6.10 Å². The lowest BCUT2D eigenvalue weighted by molar-refractivity contribution is -0.172. The van der Waals surface area contributed by atoms with Crippen LogP contribution in [0.3, 0.4) is 0 Å². The quantitative estimate of drug-likeness (QED) is 0.525. The number of aliphatic hydroxyl groups is 2. The van der Waals surface area contributed by atoms with E-state index in [0.717, 1.165) is 12.0 Å². The number of esters is 1. The number of carbonyl (C=O) groups excluding carboxylic acids is 1. The zero-order valence-corrected chi connectivity index (χ0v) is 19.5. The van der Waals surface area contributed by atoms with Gasteiger partial charge in [0.25, 0.3) is 0 Å². The third kappa shape index (κ3) is 3.33. The van der Waals surface area contributed by atoms with Gasteiger partial charge >= 0.3 is 5.97 Å². The van der Waals surface area contributed by atoms with Crippen molar-refractivity contribution in [2.45, 2.75) is 83.6 Å². The molecule has 1 saturated heterocycles. The SMILES string of the molecule is CC[C@@H]1C(C)[C@@H](O)[C@@H]2[C@H]3C=C[C@@H]4C[C@H](OC)C(=O)O[C@H]([C@@H](C)O)[C@H](C)/C=C(\C)[C@@]24O[C@H]31. The zero-order valence-electron chi connectivity index (χ0n) is 19.5. The lowest BCUT2D eigenvalue weighted by atomic mass is 9.56. The van der Waals surface area contributed by atoms with E-state index >= 15 is 0 Å². The maximum atomic E-state index is 12.9. The fourth-order valence-corrected chi connectivity index (χ4v) is 7.08. The highest BCUT2D eigenvalue weighted by molar-refractivity contribution is 5.75. The van der Waals surface area contributed by atoms with Gasteiger partial charge in [-0.2, -0.15) is 0 Å². The fourth-order valence-electron chi connectivity index (χ4n) is 7.08. The molecule has 2 fully saturated rings. The Balaban J connectivity index is 1.86. The van der Waals surface area contributed by atoms with Crippen molar-refractivity contribution in [3.8, 4) is 0 Å². The summed E-state index contributed by atoms with van der Waals surface area (Å²) in [5.74, 6) is -0.244. The Morgan fingerprint density at radius 3 is 2.65 bits per heavy atom. The average Bonchev–Trinajstić information content (AvgIpc) is 2.91. The van der Waals surface area contributed by atoms with Crippen molar-refractivity contribution in [2.24, 2.45) is 35.5 Å². The van der Waals surface area contributed by atoms with Crippen LogP contribution < -0.4 is 0 Å². The standard InChI is InChI=1S/C25H38O6/c1-7-17-14(4)21(27)20-18-9-8-16-11-19(29-6)24(28)30-22(15(5)26)12(2)10-13(3)25(16,20)31-23(17)18/h8-10,12,14-23,26-27H,7,11H2,1-6H3/b13-10+/t12-,14?,15-,16-,17-,18-,19+,20+,21-,22+,23+,25+/m1/s1. The number of carbonyl (C=O) groups is 1. The van der Waals surface area contributed by atoms with Crippen molar-refractivity contribution < 1.29 is 29.2 Å². The predicted octanol–water partition coefficient (Wildman–Crippen LogP) is 2.87. The van der Waals surface area contributed by atoms with Gasteiger partial charge in [-0.05, 0) is 37.7 Å². The van der Waals surface area contributed by atoms with Gasteiger partial charge in [-0.1, -0.05) is 45.4 Å². The number of ether oxygens (including phenoxy) is 3. The summed E-state index contributed by atoms with van der Waals surface area (Å²) in [6.45, 7) is 9.97. The summed E-state index contributed by atoms with van der Waals surface area (Å²) in [5.41, 5.74) is 0.362. The van der Waals surface area contributed by atoms with E-state index in [1.165, 1.54) is 7.11 Å². The molecule has 0 radical (unpaired) electrons. The molecule has 4 rings (SSSR count). The van der Waals surface area contributed by atoms with Crippen molar-refractivity contribution in [2.75, 3.05) is 7.11 Å². The lowest BCUT2D eigenvalue weighted by Gasteiger charge is -2.49. The molecular formula is C25H38O6. The molecule has 0 amide bonds. The maximum absolute atomic E-state index is 12.9. The Hall–Kier alpha value is -1.21. The number of rotatable bonds is 3. The second-order valence-electron chi connectivity index (χ2n) is 10.2. The number of methoxy groups -OCH3 is 1. The molecule has 4 aliphatic rings. The first-order valence-electron chi connectivity index (χ1n) is 11.8. The minimum Gasteiger partial charge on any atom is -0.457 e. The first kappa shape index (κ1) is 23.0. The molecule has 1 unspecified atom stereocenters. The van der Waals surface area contributed by atoms with Crippen molar-refractivity contribution in [1.82, 2.24) is 0 Å². The van der Waals surface area contributed by atoms with Crippen molar-refractivity contribution in [3.63, 3.8) is 0 Å². The summed E-state index contributed by atoms with van der Waals surface area (Å²) < 4.78 is 18.3. The van der Waals surface area contributed by atoms with E-state index < -0.39 is 36.0 Å². The lowest BCUT2D eigenvalue weighted by Crippen LogP contribution is -2.55. The maximum Gasteiger partial charge on any atom is 0.335 e. The summed E-state index contributed by atoms with van der Waals surface area (Å²) in [6, 6.07) is 0. The summed E-state index contributed by atoms with van der Waals surface area (Å²) in [7, 11) is 1.52. The number of hydrogen-bond acceptors (Lipinski definition) is 6. The van der Waals surface area contributed by atoms with Gasteiger partial charge in [-0.3, -0.25) is 0 Å². The van der Waals surface area contributed by atoms with Crippen LogP contribution in [0.25, 0.3) is 0 Å². The van der Waals surface area contributed by atoms with Crippen LogP contribution in [0.5, 0.6) is 0 Å². The van der Waals surface area contributed by atoms with E-state index in [0.29, 0.717) is 6.42 Å². The minimum atomic E-state index is -0.814. The summed E-state index contributed by atoms with van der Waals surface area (Å²) >= 11 is 0. The van der Waals surface area contributed by atoms with Crippen LogP contribution in [-0.2, 0) is 19.0 Å². The number of hydrogen-bond donors (Lipinski definition) is 2. The molecule has 174 valence electrons. The van der Waals surface area contributed by atoms with Crippen LogP contribution in [0, 0.1) is 35.5 Å². The van der Waals surface area contributed by atoms with Crippen LogP contribution in [0.4, 0.5) is 0 Å². The van der Waals surface area contributed by atoms with E-state index in [1.807, 2.05) is 6.92 Å². The van der Waals surface area contributed by atoms with Crippen LogP contribution in [-0.4, -0.2) is 59.4 Å². The van der Waals surface area contributed by atoms with Crippen molar-refractivity contribution in [1.29, 1.82) is 0 Å². The molecule has 2 N–H and O–H groups in total. The molecule has 12 atom stereocenters. The van der Waals surface area contributed by atoms with E-state index in [2.05, 4.69) is 39.0 Å². The molecule has 2 heterocycles. The molecule has 1 saturated carbocycles. The first-order valence-corrected chi connectivity index (χ1v) is 11.8. The minimum absolute atomic E-state index is 0.0526. The summed E-state index contributed by atoms with van der Waals surface area (Å²) in [5, 5.41) is 21.8. The van der Waals surface area contributed by atoms with Gasteiger partial charge in [0.1, 0.15) is 11.7 Å². The van der Waals surface area contributed by atoms with E-state index in [4.69, 9.17) is 14.2 Å². The topological polar surface area (TPSA) is 85.2 Å². The van der Waals surface area contributed by atoms with Gasteiger partial charge in [0.05, 0.1) is 18.3 Å². The molecule has 2 aliphatic carbocycles. The Morgan fingerprint density at radius 1 is 1.32 bits per heavy atom. The fraction of sp³-hybridized carbons (Fsp3) is 0.800. The average molecular weight is 435 g/mol. The Kier molecular flexibility index (Phi) is 6.14. The van der Waals surface area contributed by atoms with Crippen LogP contribution in [0.1, 0.15) is 47.5 Å². The third-order valence-electron chi connectivity index (χ3n) is 8.60. The zero-order chi connectivity index (χ0) is 22.7. The van der Waals surface area contributed by atoms with Crippen LogP contribution in [0.15, 0.2) is 23.8 Å². The highest BCUT2D eigenvalue weighted by atomic mass is 16.6. The normalized spacial score (nSPS) is 52.0. The predicted molar refractivity (Wildman–Crippen MR) is 116 cm³/mol. The number of aliphatic hydroxyl groups excluding tert-OH is 2. The smallest absolute Gasteiger partial charge is 0.335 e. The highest BCUT2D eigenvalue weighted by Crippen LogP contribution is 2.62. The van der Waals surface area contributed by atoms with Crippen LogP contribution >= 0.6 is 0 Å². The Morgan fingerprint density at radius 2 is 2.03 bits per heavy atom. The van der Waals surface area contributed by atoms with E-state index in [-0.39, 0.29) is 41.6 Å². The molecule has 31 heavy (non-hydrogen) atoms. The molecule has 0 aromatic rings. The second-order valence-corrected chi connectivity index (χ2v) is 10.2. The Labute approximate surface area is 185 Å². The van der Waals surface area contributed by atoms with Gasteiger partial charge < -0.3 is 24.4 Å². The monoisotopic (exact) mass is 434 g/mol. The number of cyclic esters (lactones) is 1. The van der Waals surface area contributed by atoms with Crippen molar-refractivity contribution in [3.05, 3.63) is 23.8 Å². The second kappa shape index (κ2) is 8.29. The highest BCUT2D eigenvalue weighted by Gasteiger charge is 2.67.